The van der Waals surface area contributed by atoms with E-state index in [0.29, 0.717) is 36.1 Å². The molecule has 1 rings (SSSR count). The van der Waals surface area contributed by atoms with Crippen LogP contribution in [0.3, 0.4) is 0 Å². The highest BCUT2D eigenvalue weighted by Gasteiger charge is 2.36. The van der Waals surface area contributed by atoms with Crippen LogP contribution in [0.25, 0.3) is 0 Å². The third-order valence-corrected chi connectivity index (χ3v) is 12.7. The maximum absolute atomic E-state index is 12.7. The molecule has 1 heterocycles. The van der Waals surface area contributed by atoms with Crippen molar-refractivity contribution in [3.8, 4) is 0 Å². The number of unbranched alkanes of at least 4 members (excludes halogenated alkanes) is 27. The predicted molar refractivity (Wildman–Crippen MR) is 249 cm³/mol. The van der Waals surface area contributed by atoms with E-state index < -0.39 is 32.5 Å². The Hall–Kier alpha value is -1.29. The van der Waals surface area contributed by atoms with Gasteiger partial charge in [0.1, 0.15) is 19.8 Å². The van der Waals surface area contributed by atoms with Crippen molar-refractivity contribution >= 4 is 19.8 Å². The van der Waals surface area contributed by atoms with Crippen LogP contribution in [-0.4, -0.2) is 82.2 Å². The summed E-state index contributed by atoms with van der Waals surface area (Å²) in [5, 5.41) is 0. The molecular formula is C50H96NO9P. The van der Waals surface area contributed by atoms with E-state index in [2.05, 4.69) is 26.0 Å². The van der Waals surface area contributed by atoms with Gasteiger partial charge in [0.25, 0.3) is 7.82 Å². The normalized spacial score (nSPS) is 16.8. The first-order valence-corrected chi connectivity index (χ1v) is 27.0. The fourth-order valence-corrected chi connectivity index (χ4v) is 8.33. The van der Waals surface area contributed by atoms with Crippen LogP contribution in [0.1, 0.15) is 232 Å². The summed E-state index contributed by atoms with van der Waals surface area (Å²) in [5.74, 6) is -0.845. The van der Waals surface area contributed by atoms with E-state index in [0.717, 1.165) is 51.4 Å². The van der Waals surface area contributed by atoms with E-state index in [1.807, 2.05) is 21.1 Å². The Morgan fingerprint density at radius 1 is 0.590 bits per heavy atom. The Bertz CT molecular complexity index is 1110. The van der Waals surface area contributed by atoms with Gasteiger partial charge in [0.2, 0.25) is 0 Å². The van der Waals surface area contributed by atoms with Gasteiger partial charge in [-0.25, -0.2) is 0 Å². The second-order valence-corrected chi connectivity index (χ2v) is 20.3. The zero-order valence-electron chi connectivity index (χ0n) is 40.3. The Balaban J connectivity index is 2.20. The summed E-state index contributed by atoms with van der Waals surface area (Å²) in [5.41, 5.74) is 0. The summed E-state index contributed by atoms with van der Waals surface area (Å²) in [6.07, 6.45) is 44.0. The number of carbonyl (C=O) groups excluding carboxylic acids is 2. The van der Waals surface area contributed by atoms with Crippen molar-refractivity contribution in [2.75, 3.05) is 47.5 Å². The summed E-state index contributed by atoms with van der Waals surface area (Å²) in [4.78, 5) is 37.7. The molecule has 11 heteroatoms. The van der Waals surface area contributed by atoms with Gasteiger partial charge in [0.05, 0.1) is 40.0 Å². The molecule has 1 aliphatic rings. The highest BCUT2D eigenvalue weighted by atomic mass is 31.2. The van der Waals surface area contributed by atoms with Crippen molar-refractivity contribution in [1.82, 2.24) is 0 Å². The van der Waals surface area contributed by atoms with Crippen molar-refractivity contribution in [2.24, 2.45) is 0 Å². The molecular weight excluding hydrogens is 790 g/mol. The molecule has 1 aliphatic heterocycles. The number of likely N-dealkylation sites (N-methyl/N-ethyl adjacent to an activating group) is 1. The van der Waals surface area contributed by atoms with Crippen LogP contribution < -0.4 is 4.89 Å². The number of phosphoric acid groups is 1. The molecule has 0 aliphatic carbocycles. The molecule has 360 valence electrons. The lowest BCUT2D eigenvalue weighted by Gasteiger charge is -2.28. The van der Waals surface area contributed by atoms with Crippen molar-refractivity contribution < 1.29 is 46.8 Å². The molecule has 10 nitrogen and oxygen atoms in total. The average Bonchev–Trinajstić information content (AvgIpc) is 3.97. The van der Waals surface area contributed by atoms with Crippen molar-refractivity contribution in [3.63, 3.8) is 0 Å². The van der Waals surface area contributed by atoms with E-state index in [1.54, 1.807) is 0 Å². The number of phosphoric ester groups is 1. The first-order valence-electron chi connectivity index (χ1n) is 25.5. The van der Waals surface area contributed by atoms with Gasteiger partial charge >= 0.3 is 11.9 Å². The Kier molecular flexibility index (Phi) is 37.0. The summed E-state index contributed by atoms with van der Waals surface area (Å²) < 4.78 is 39.9. The third kappa shape index (κ3) is 40.0. The fraction of sp³-hybridized carbons (Fsp3) is 0.920. The number of nitrogens with zero attached hydrogens (tertiary/aromatic N) is 1. The smallest absolute Gasteiger partial charge is 0.306 e. The second kappa shape index (κ2) is 39.1. The highest BCUT2D eigenvalue weighted by Crippen LogP contribution is 2.38. The van der Waals surface area contributed by atoms with Gasteiger partial charge in [-0.05, 0) is 38.5 Å². The molecule has 0 aromatic rings. The SMILES string of the molecule is CCCCC/C=C\CC1OC1CCCCCCCC(=O)OC[C@H](COP(=O)([O-])OCC[N+](C)(C)C)OC(=O)CCCCCCCCCCCCCCCCCCCCCCC. The quantitative estimate of drug-likeness (QED) is 0.0147. The van der Waals surface area contributed by atoms with E-state index >= 15 is 0 Å². The van der Waals surface area contributed by atoms with Crippen LogP contribution in [0.4, 0.5) is 0 Å². The van der Waals surface area contributed by atoms with Gasteiger partial charge in [-0.2, -0.15) is 0 Å². The van der Waals surface area contributed by atoms with Crippen LogP contribution >= 0.6 is 7.82 Å². The van der Waals surface area contributed by atoms with Crippen LogP contribution in [0, 0.1) is 0 Å². The van der Waals surface area contributed by atoms with Gasteiger partial charge < -0.3 is 32.6 Å². The second-order valence-electron chi connectivity index (χ2n) is 18.9. The summed E-state index contributed by atoms with van der Waals surface area (Å²) >= 11 is 0. The number of hydrogen-bond donors (Lipinski definition) is 0. The number of esters is 2. The number of hydrogen-bond acceptors (Lipinski definition) is 9. The van der Waals surface area contributed by atoms with E-state index in [-0.39, 0.29) is 26.1 Å². The van der Waals surface area contributed by atoms with Crippen LogP contribution in [-0.2, 0) is 37.4 Å². The zero-order valence-corrected chi connectivity index (χ0v) is 41.2. The highest BCUT2D eigenvalue weighted by molar-refractivity contribution is 7.45. The lowest BCUT2D eigenvalue weighted by molar-refractivity contribution is -0.870. The molecule has 1 saturated heterocycles. The molecule has 0 saturated carbocycles. The number of carbonyl (C=O) groups is 2. The van der Waals surface area contributed by atoms with Crippen LogP contribution in [0.15, 0.2) is 12.2 Å². The number of epoxide rings is 1. The molecule has 0 radical (unpaired) electrons. The zero-order chi connectivity index (χ0) is 44.7. The Morgan fingerprint density at radius 3 is 1.56 bits per heavy atom. The summed E-state index contributed by atoms with van der Waals surface area (Å²) in [7, 11) is 1.16. The van der Waals surface area contributed by atoms with Gasteiger partial charge in [-0.1, -0.05) is 193 Å². The average molecular weight is 886 g/mol. The minimum Gasteiger partial charge on any atom is -0.756 e. The lowest BCUT2D eigenvalue weighted by Crippen LogP contribution is -2.37. The van der Waals surface area contributed by atoms with E-state index in [4.69, 9.17) is 23.3 Å². The Morgan fingerprint density at radius 2 is 1.05 bits per heavy atom. The molecule has 4 atom stereocenters. The molecule has 0 bridgehead atoms. The monoisotopic (exact) mass is 886 g/mol. The number of ether oxygens (including phenoxy) is 3. The van der Waals surface area contributed by atoms with E-state index in [1.165, 1.54) is 141 Å². The topological polar surface area (TPSA) is 124 Å². The largest absolute Gasteiger partial charge is 0.756 e. The number of allylic oxidation sites excluding steroid dienone is 1. The third-order valence-electron chi connectivity index (χ3n) is 11.7. The van der Waals surface area contributed by atoms with Crippen LogP contribution in [0.5, 0.6) is 0 Å². The minimum atomic E-state index is -4.63. The molecule has 1 fully saturated rings. The Labute approximate surface area is 375 Å². The number of rotatable bonds is 46. The summed E-state index contributed by atoms with van der Waals surface area (Å²) in [6.45, 7) is 4.21. The molecule has 0 amide bonds. The van der Waals surface area contributed by atoms with Gasteiger partial charge in [0.15, 0.2) is 6.10 Å². The van der Waals surface area contributed by atoms with Crippen molar-refractivity contribution in [3.05, 3.63) is 12.2 Å². The molecule has 0 spiro atoms. The maximum Gasteiger partial charge on any atom is 0.306 e. The van der Waals surface area contributed by atoms with Crippen molar-refractivity contribution in [1.29, 1.82) is 0 Å². The van der Waals surface area contributed by atoms with Gasteiger partial charge in [-0.3, -0.25) is 14.2 Å². The van der Waals surface area contributed by atoms with Gasteiger partial charge in [-0.15, -0.1) is 0 Å². The molecule has 3 unspecified atom stereocenters. The lowest BCUT2D eigenvalue weighted by atomic mass is 10.0. The van der Waals surface area contributed by atoms with Gasteiger partial charge in [0, 0.05) is 12.8 Å². The molecule has 0 aromatic carbocycles. The van der Waals surface area contributed by atoms with Crippen molar-refractivity contribution in [2.45, 2.75) is 250 Å². The predicted octanol–water partition coefficient (Wildman–Crippen LogP) is 13.3. The first kappa shape index (κ1) is 57.7. The number of quaternary nitrogens is 1. The maximum atomic E-state index is 12.7. The molecule has 0 N–H and O–H groups in total. The fourth-order valence-electron chi connectivity index (χ4n) is 7.60. The van der Waals surface area contributed by atoms with E-state index in [9.17, 15) is 19.0 Å². The molecule has 0 aromatic heterocycles. The van der Waals surface area contributed by atoms with Crippen LogP contribution in [0.2, 0.25) is 0 Å². The summed E-state index contributed by atoms with van der Waals surface area (Å²) in [6, 6.07) is 0. The molecule has 61 heavy (non-hydrogen) atoms. The standard InChI is InChI=1S/C50H96NO9P/c1-6-8-10-12-14-15-16-17-18-19-20-21-22-23-24-25-26-27-28-32-37-41-50(53)59-46(45-58-61(54,55)57-43-42-51(3,4)5)44-56-49(52)40-36-33-29-31-35-39-48-47(60-48)38-34-30-13-11-9-7-2/h30,34,46-48H,6-29,31-33,35-45H2,1-5H3/b34-30-/t46-,47?,48?/m1/s1. The minimum absolute atomic E-state index is 0.0328. The first-order chi connectivity index (χ1) is 29.5.